The largest absolute Gasteiger partial charge is 0.383 e. The van der Waals surface area contributed by atoms with Gasteiger partial charge in [-0.2, -0.15) is 5.10 Å². The molecule has 2 amide bonds. The summed E-state index contributed by atoms with van der Waals surface area (Å²) in [6, 6.07) is 12.2. The second-order valence-electron chi connectivity index (χ2n) is 8.76. The van der Waals surface area contributed by atoms with Gasteiger partial charge in [-0.15, -0.1) is 0 Å². The summed E-state index contributed by atoms with van der Waals surface area (Å²) >= 11 is 0. The first-order chi connectivity index (χ1) is 13.8. The Morgan fingerprint density at radius 2 is 1.97 bits per heavy atom. The maximum Gasteiger partial charge on any atom is 0.320 e. The second kappa shape index (κ2) is 8.97. The highest BCUT2D eigenvalue weighted by Crippen LogP contribution is 2.28. The zero-order valence-electron chi connectivity index (χ0n) is 18.1. The molecule has 29 heavy (non-hydrogen) atoms. The van der Waals surface area contributed by atoms with Gasteiger partial charge in [-0.3, -0.25) is 14.9 Å². The van der Waals surface area contributed by atoms with Gasteiger partial charge in [0.15, 0.2) is 0 Å². The van der Waals surface area contributed by atoms with E-state index in [-0.39, 0.29) is 23.4 Å². The van der Waals surface area contributed by atoms with Gasteiger partial charge in [-0.25, -0.2) is 4.79 Å². The van der Waals surface area contributed by atoms with Crippen LogP contribution in [0.1, 0.15) is 37.9 Å². The molecule has 7 heteroatoms. The molecule has 2 aromatic rings. The van der Waals surface area contributed by atoms with E-state index < -0.39 is 0 Å². The predicted molar refractivity (Wildman–Crippen MR) is 115 cm³/mol. The molecule has 3 rings (SSSR count). The number of nitrogens with one attached hydrogen (secondary N) is 2. The molecule has 1 aromatic heterocycles. The number of hydrogen-bond donors (Lipinski definition) is 2. The Kier molecular flexibility index (Phi) is 6.59. The number of urea groups is 1. The molecule has 0 saturated carbocycles. The van der Waals surface area contributed by atoms with Crippen molar-refractivity contribution in [2.24, 2.45) is 7.05 Å². The molecule has 1 aromatic carbocycles. The van der Waals surface area contributed by atoms with E-state index in [2.05, 4.69) is 53.5 Å². The molecular weight excluding hydrogens is 366 g/mol. The lowest BCUT2D eigenvalue weighted by Gasteiger charge is -2.20. The molecule has 2 atom stereocenters. The van der Waals surface area contributed by atoms with Crippen molar-refractivity contribution >= 4 is 11.8 Å². The number of methoxy groups -OCH3 is 1. The number of carbonyl (C=O) groups is 1. The molecule has 0 radical (unpaired) electrons. The maximum atomic E-state index is 12.8. The number of ether oxygens (including phenoxy) is 1. The van der Waals surface area contributed by atoms with Crippen LogP contribution in [0.2, 0.25) is 0 Å². The zero-order valence-corrected chi connectivity index (χ0v) is 18.1. The van der Waals surface area contributed by atoms with Gasteiger partial charge in [0.05, 0.1) is 18.3 Å². The van der Waals surface area contributed by atoms with E-state index in [0.717, 1.165) is 25.3 Å². The van der Waals surface area contributed by atoms with Crippen LogP contribution in [-0.2, 0) is 17.2 Å². The maximum absolute atomic E-state index is 12.8. The molecule has 1 aliphatic rings. The molecule has 7 nitrogen and oxygen atoms in total. The summed E-state index contributed by atoms with van der Waals surface area (Å²) in [6.07, 6.45) is 0. The first-order valence-corrected chi connectivity index (χ1v) is 10.2. The van der Waals surface area contributed by atoms with Gasteiger partial charge in [0.25, 0.3) is 0 Å². The molecule has 2 N–H and O–H groups in total. The second-order valence-corrected chi connectivity index (χ2v) is 8.76. The van der Waals surface area contributed by atoms with Gasteiger partial charge >= 0.3 is 6.03 Å². The van der Waals surface area contributed by atoms with Gasteiger partial charge in [-0.05, 0) is 5.56 Å². The molecule has 158 valence electrons. The molecule has 1 fully saturated rings. The van der Waals surface area contributed by atoms with E-state index in [1.807, 2.05) is 31.3 Å². The van der Waals surface area contributed by atoms with E-state index in [1.165, 1.54) is 5.56 Å². The van der Waals surface area contributed by atoms with Crippen LogP contribution in [0.25, 0.3) is 0 Å². The number of likely N-dealkylation sites (tertiary alicyclic amines) is 1. The van der Waals surface area contributed by atoms with Crippen LogP contribution in [0.4, 0.5) is 10.6 Å². The van der Waals surface area contributed by atoms with E-state index in [0.29, 0.717) is 12.4 Å². The monoisotopic (exact) mass is 399 g/mol. The molecule has 1 unspecified atom stereocenters. The Hall–Kier alpha value is -2.38. The van der Waals surface area contributed by atoms with Crippen LogP contribution in [0, 0.1) is 0 Å². The minimum absolute atomic E-state index is 0.0320. The summed E-state index contributed by atoms with van der Waals surface area (Å²) in [4.78, 5) is 15.1. The van der Waals surface area contributed by atoms with Crippen molar-refractivity contribution in [3.8, 4) is 0 Å². The lowest BCUT2D eigenvalue weighted by atomic mass is 9.92. The first kappa shape index (κ1) is 21.3. The summed E-state index contributed by atoms with van der Waals surface area (Å²) < 4.78 is 6.95. The van der Waals surface area contributed by atoms with Crippen molar-refractivity contribution in [2.75, 3.05) is 38.7 Å². The summed E-state index contributed by atoms with van der Waals surface area (Å²) in [7, 11) is 3.56. The Morgan fingerprint density at radius 3 is 2.59 bits per heavy atom. The number of aryl methyl sites for hydroxylation is 1. The first-order valence-electron chi connectivity index (χ1n) is 10.2. The number of nitrogens with zero attached hydrogens (tertiary/aromatic N) is 3. The SMILES string of the molecule is COCCN1CC(c2ccccc2)[C@H](NC(=O)Nc2cc(C(C)(C)C)nn2C)C1. The molecule has 2 heterocycles. The minimum Gasteiger partial charge on any atom is -0.383 e. The van der Waals surface area contributed by atoms with E-state index in [4.69, 9.17) is 4.74 Å². The summed E-state index contributed by atoms with van der Waals surface area (Å²) in [6.45, 7) is 9.57. The predicted octanol–water partition coefficient (Wildman–Crippen LogP) is 2.95. The van der Waals surface area contributed by atoms with Crippen molar-refractivity contribution in [2.45, 2.75) is 38.1 Å². The quantitative estimate of drug-likeness (QED) is 0.783. The minimum atomic E-state index is -0.201. The topological polar surface area (TPSA) is 71.4 Å². The van der Waals surface area contributed by atoms with Crippen LogP contribution in [0.3, 0.4) is 0 Å². The zero-order chi connectivity index (χ0) is 21.0. The third-order valence-electron chi connectivity index (χ3n) is 5.44. The van der Waals surface area contributed by atoms with Crippen LogP contribution < -0.4 is 10.6 Å². The number of aromatic nitrogens is 2. The van der Waals surface area contributed by atoms with Gasteiger partial charge in [0.1, 0.15) is 5.82 Å². The molecule has 0 spiro atoms. The van der Waals surface area contributed by atoms with Gasteiger partial charge in [-0.1, -0.05) is 51.1 Å². The van der Waals surface area contributed by atoms with Crippen molar-refractivity contribution in [1.82, 2.24) is 20.0 Å². The number of anilines is 1. The van der Waals surface area contributed by atoms with E-state index >= 15 is 0 Å². The summed E-state index contributed by atoms with van der Waals surface area (Å²) in [5.41, 5.74) is 2.12. The Balaban J connectivity index is 1.69. The highest BCUT2D eigenvalue weighted by atomic mass is 16.5. The number of benzene rings is 1. The summed E-state index contributed by atoms with van der Waals surface area (Å²) in [5, 5.41) is 10.7. The van der Waals surface area contributed by atoms with E-state index in [1.54, 1.807) is 11.8 Å². The van der Waals surface area contributed by atoms with Crippen LogP contribution in [-0.4, -0.2) is 60.1 Å². The third kappa shape index (κ3) is 5.36. The smallest absolute Gasteiger partial charge is 0.320 e. The molecule has 0 bridgehead atoms. The number of rotatable bonds is 6. The standard InChI is InChI=1S/C22H33N5O2/c1-22(2,3)19-13-20(26(4)25-19)24-21(28)23-18-15-27(11-12-29-5)14-17(18)16-9-7-6-8-10-16/h6-10,13,17-18H,11-12,14-15H2,1-5H3,(H2,23,24,28)/t17?,18-/m1/s1. The van der Waals surface area contributed by atoms with Crippen molar-refractivity contribution < 1.29 is 9.53 Å². The summed E-state index contributed by atoms with van der Waals surface area (Å²) in [5.74, 6) is 0.938. The van der Waals surface area contributed by atoms with Gasteiger partial charge in [0.2, 0.25) is 0 Å². The number of amides is 2. The molecule has 1 saturated heterocycles. The third-order valence-corrected chi connectivity index (χ3v) is 5.44. The fourth-order valence-corrected chi connectivity index (χ4v) is 3.74. The van der Waals surface area contributed by atoms with Crippen LogP contribution in [0.15, 0.2) is 36.4 Å². The van der Waals surface area contributed by atoms with Crippen molar-refractivity contribution in [1.29, 1.82) is 0 Å². The van der Waals surface area contributed by atoms with Gasteiger partial charge < -0.3 is 10.1 Å². The van der Waals surface area contributed by atoms with Gasteiger partial charge in [0, 0.05) is 51.2 Å². The van der Waals surface area contributed by atoms with E-state index in [9.17, 15) is 4.79 Å². The van der Waals surface area contributed by atoms with Crippen molar-refractivity contribution in [3.05, 3.63) is 47.7 Å². The van der Waals surface area contributed by atoms with Crippen molar-refractivity contribution in [3.63, 3.8) is 0 Å². The fraction of sp³-hybridized carbons (Fsp3) is 0.545. The lowest BCUT2D eigenvalue weighted by Crippen LogP contribution is -2.42. The Labute approximate surface area is 173 Å². The molecule has 1 aliphatic heterocycles. The highest BCUT2D eigenvalue weighted by molar-refractivity contribution is 5.88. The van der Waals surface area contributed by atoms with Crippen LogP contribution in [0.5, 0.6) is 0 Å². The lowest BCUT2D eigenvalue weighted by molar-refractivity contribution is 0.159. The molecular formula is C22H33N5O2. The average Bonchev–Trinajstić information content (AvgIpc) is 3.24. The molecule has 0 aliphatic carbocycles. The fourth-order valence-electron chi connectivity index (χ4n) is 3.74. The highest BCUT2D eigenvalue weighted by Gasteiger charge is 2.34. The number of carbonyl (C=O) groups excluding carboxylic acids is 1. The number of hydrogen-bond acceptors (Lipinski definition) is 4. The normalized spacial score (nSPS) is 20.0. The van der Waals surface area contributed by atoms with Crippen LogP contribution >= 0.6 is 0 Å². The Bertz CT molecular complexity index is 812. The average molecular weight is 400 g/mol. The Morgan fingerprint density at radius 1 is 1.24 bits per heavy atom.